The number of fused-ring (bicyclic) bond motifs is 2. The van der Waals surface area contributed by atoms with Crippen molar-refractivity contribution in [2.24, 2.45) is 17.8 Å². The fourth-order valence-corrected chi connectivity index (χ4v) is 16.6. The van der Waals surface area contributed by atoms with Gasteiger partial charge in [-0.1, -0.05) is 331 Å². The maximum atomic E-state index is 10.0. The molecule has 2 bridgehead atoms. The van der Waals surface area contributed by atoms with Gasteiger partial charge in [0, 0.05) is 95.2 Å². The predicted octanol–water partition coefficient (Wildman–Crippen LogP) is 16.1. The summed E-state index contributed by atoms with van der Waals surface area (Å²) in [6.45, 7) is 32.4. The molecular weight excluding hydrogens is 1420 g/mol. The molecule has 0 heterocycles. The summed E-state index contributed by atoms with van der Waals surface area (Å²) in [5, 5.41) is 19.6. The molecule has 105 heavy (non-hydrogen) atoms. The molecule has 2 saturated carbocycles. The van der Waals surface area contributed by atoms with E-state index in [-0.39, 0.29) is 6.61 Å². The summed E-state index contributed by atoms with van der Waals surface area (Å²) in [7, 11) is 19.5. The maximum absolute atomic E-state index is 10.0. The number of unbranched alkanes of at least 4 members (excludes halogenated alkanes) is 11. The number of ether oxygens (including phenoxy) is 4. The van der Waals surface area contributed by atoms with Gasteiger partial charge in [0.2, 0.25) is 0 Å². The molecule has 5 aromatic rings. The smallest absolute Gasteiger partial charge is 0.132 e. The molecule has 2 fully saturated rings. The first-order valence-corrected chi connectivity index (χ1v) is 54.8. The van der Waals surface area contributed by atoms with Crippen molar-refractivity contribution in [3.8, 4) is 11.5 Å². The van der Waals surface area contributed by atoms with Crippen molar-refractivity contribution in [1.29, 1.82) is 0 Å². The van der Waals surface area contributed by atoms with Gasteiger partial charge in [0.05, 0.1) is 54.6 Å². The predicted molar refractivity (Wildman–Crippen MR) is 511 cm³/mol. The van der Waals surface area contributed by atoms with Gasteiger partial charge in [-0.2, -0.15) is 0 Å². The summed E-state index contributed by atoms with van der Waals surface area (Å²) in [6, 6.07) is 60.8. The Morgan fingerprint density at radius 3 is 1.11 bits per heavy atom. The van der Waals surface area contributed by atoms with Gasteiger partial charge < -0.3 is 29.2 Å². The Bertz CT molecular complexity index is 2320. The van der Waals surface area contributed by atoms with Crippen LogP contribution in [0.3, 0.4) is 0 Å². The number of benzene rings is 5. The number of likely N-dealkylation sites (N-methyl/N-ethyl adjacent to an activating group) is 1. The highest BCUT2D eigenvalue weighted by atomic mass is 28.2. The van der Waals surface area contributed by atoms with Crippen LogP contribution in [0.25, 0.3) is 0 Å². The zero-order chi connectivity index (χ0) is 80.3. The first-order chi connectivity index (χ1) is 51.0. The van der Waals surface area contributed by atoms with Crippen LogP contribution in [0.5, 0.6) is 11.5 Å². The Kier molecular flexibility index (Phi) is 95.2. The third-order valence-electron chi connectivity index (χ3n) is 17.8. The highest BCUT2D eigenvalue weighted by Crippen LogP contribution is 2.53. The van der Waals surface area contributed by atoms with Gasteiger partial charge in [0.25, 0.3) is 0 Å². The summed E-state index contributed by atoms with van der Waals surface area (Å²) in [5.74, 6) is 5.18. The average Bonchev–Trinajstić information content (AvgIpc) is 1.65. The first-order valence-electron chi connectivity index (χ1n) is 43.7. The van der Waals surface area contributed by atoms with Crippen LogP contribution < -0.4 is 18.4 Å². The lowest BCUT2D eigenvalue weighted by Gasteiger charge is -2.31. The van der Waals surface area contributed by atoms with Crippen LogP contribution in [0.2, 0.25) is 47.8 Å². The molecule has 5 unspecified atom stereocenters. The second-order valence-corrected chi connectivity index (χ2v) is 36.4. The van der Waals surface area contributed by atoms with Gasteiger partial charge in [0.15, 0.2) is 0 Å². The molecule has 0 aliphatic heterocycles. The zero-order valence-electron chi connectivity index (χ0n) is 74.3. The number of aliphatic hydroxyl groups excluding tert-OH is 2. The molecule has 6 atom stereocenters. The molecule has 612 valence electrons. The number of rotatable bonds is 39. The number of quaternary nitrogens is 2. The minimum atomic E-state index is -0.547. The number of hydrogen-bond donors (Lipinski definition) is 2. The van der Waals surface area contributed by atoms with Gasteiger partial charge in [-0.3, -0.25) is 8.97 Å². The summed E-state index contributed by atoms with van der Waals surface area (Å²) < 4.78 is 23.4. The largest absolute Gasteiger partial charge is 0.494 e. The summed E-state index contributed by atoms with van der Waals surface area (Å²) >= 11 is 0. The standard InChI is InChI=1S/C14H26NO2Si.C12H22NSi.C12H20O3Si.C12H28Si.C9H14OSi.C8H16Si.C8H12Si.C4H12Si.5C2H6/c1-15(2,13-7-4-3-5-8-13)11-14(16)12-17-9-6-10-18;1-13(2,10-6-7-11-14)12-8-4-3-5-9-12;13-11(9-14-7-4-8-16)10-15-12-5-2-1-3-6-12;1-2-3-4-5-6-7-8-9-10-11-12-13;11-8-4-7-10-9-5-2-1-3-6-9;1-5-2-6-3-7(5)8(9)4-6;9-7-6-8-4-2-1-3-5-8;1-2-3-4-5;5*1-2/h3-5,7-8,14,16H,6,9-12H2,1-2,18H3;3-5,8-9H,6-7,10-11H2,1-2,14H3;1-3,5-6,11,13H,4,7-10H2,16H3;2-12H2,1,13H3;1-3,5-6H,4,7-8H2,11H3;5-8H,2-4H2,1,9H3;1-5H,6-7H2,9H3;2-4H2,1,5H3;5*1-2H3/q2*+1;;;;;;;;;;;/t;;;;;5?,6?,7?,8-;;;;;;;/m.....0......./s1. The van der Waals surface area contributed by atoms with Gasteiger partial charge in [-0.25, -0.2) is 0 Å². The van der Waals surface area contributed by atoms with Gasteiger partial charge in [-0.15, -0.1) is 0 Å². The lowest BCUT2D eigenvalue weighted by Crippen LogP contribution is -2.47. The molecule has 0 saturated heterocycles. The van der Waals surface area contributed by atoms with Crippen molar-refractivity contribution in [3.05, 3.63) is 157 Å². The number of aryl methyl sites for hydroxylation is 1. The van der Waals surface area contributed by atoms with Gasteiger partial charge in [-0.05, 0) is 117 Å². The van der Waals surface area contributed by atoms with E-state index in [1.54, 1.807) is 19.3 Å². The van der Waals surface area contributed by atoms with E-state index in [4.69, 9.17) is 18.9 Å². The minimum Gasteiger partial charge on any atom is -0.494 e. The van der Waals surface area contributed by atoms with Crippen LogP contribution in [0.15, 0.2) is 152 Å². The molecule has 16 heteroatoms. The fourth-order valence-electron chi connectivity index (χ4n) is 11.9. The zero-order valence-corrected chi connectivity index (χ0v) is 90.3. The quantitative estimate of drug-likeness (QED) is 0.0232. The van der Waals surface area contributed by atoms with Crippen LogP contribution in [0.1, 0.15) is 224 Å². The molecule has 0 aromatic heterocycles. The topological polar surface area (TPSA) is 77.4 Å². The SMILES string of the molecule is CC.CC.CC.CC.CC.CC1CC2CC1[C@@H]([SiH3])C2.CCCCCCCCCCCC[SiH3].CCCC[SiH3].C[N+](C)(CC(O)COCCC[SiH3])c1ccccc1.C[N+](C)(CCCC[SiH3])c1ccccc1.OC(COCCC[SiH3])COc1ccccc1.[SiH3]CCCOc1ccccc1.[SiH3]CCc1ccccc1. The van der Waals surface area contributed by atoms with E-state index >= 15 is 0 Å². The maximum Gasteiger partial charge on any atom is 0.132 e. The van der Waals surface area contributed by atoms with E-state index in [9.17, 15) is 10.2 Å². The van der Waals surface area contributed by atoms with E-state index in [0.717, 1.165) is 60.5 Å². The van der Waals surface area contributed by atoms with Crippen LogP contribution in [-0.2, 0) is 15.9 Å². The van der Waals surface area contributed by atoms with E-state index in [1.165, 1.54) is 262 Å². The summed E-state index contributed by atoms with van der Waals surface area (Å²) in [6.07, 6.45) is 28.8. The van der Waals surface area contributed by atoms with Crippen LogP contribution >= 0.6 is 0 Å². The van der Waals surface area contributed by atoms with Crippen LogP contribution in [0.4, 0.5) is 11.4 Å². The Morgan fingerprint density at radius 1 is 0.381 bits per heavy atom. The average molecular weight is 1600 g/mol. The first kappa shape index (κ1) is 113. The monoisotopic (exact) mass is 1600 g/mol. The molecule has 2 aliphatic rings. The summed E-state index contributed by atoms with van der Waals surface area (Å²) in [5.41, 5.74) is 5.29. The molecule has 7 rings (SSSR count). The second-order valence-electron chi connectivity index (χ2n) is 27.9. The van der Waals surface area contributed by atoms with Crippen molar-refractivity contribution >= 4 is 93.3 Å². The fraction of sp³-hybridized carbons (Fsp3) is 0.663. The normalized spacial score (nSPS) is 14.7. The molecule has 2 aliphatic carbocycles. The lowest BCUT2D eigenvalue weighted by molar-refractivity contribution is 0.0124. The van der Waals surface area contributed by atoms with E-state index in [0.29, 0.717) is 24.2 Å². The third kappa shape index (κ3) is 72.5. The molecule has 0 amide bonds. The summed E-state index contributed by atoms with van der Waals surface area (Å²) in [4.78, 5) is 0. The van der Waals surface area contributed by atoms with E-state index < -0.39 is 12.2 Å². The van der Waals surface area contributed by atoms with E-state index in [1.807, 2.05) is 148 Å². The molecule has 0 spiro atoms. The van der Waals surface area contributed by atoms with E-state index in [2.05, 4.69) is 122 Å². The molecule has 5 aromatic carbocycles. The Hall–Kier alpha value is -2.80. The third-order valence-corrected chi connectivity index (χ3v) is 23.8. The van der Waals surface area contributed by atoms with Crippen LogP contribution in [0, 0.1) is 17.8 Å². The molecule has 0 radical (unpaired) electrons. The Balaban J connectivity index is -0.000000266. The highest BCUT2D eigenvalue weighted by molar-refractivity contribution is 6.12. The van der Waals surface area contributed by atoms with Crippen LogP contribution in [-0.4, -0.2) is 185 Å². The van der Waals surface area contributed by atoms with Crippen molar-refractivity contribution < 1.29 is 29.2 Å². The Morgan fingerprint density at radius 2 is 0.743 bits per heavy atom. The number of hydrogen-bond acceptors (Lipinski definition) is 6. The number of aliphatic hydroxyl groups is 2. The lowest BCUT2D eigenvalue weighted by atomic mass is 9.90. The van der Waals surface area contributed by atoms with Crippen molar-refractivity contribution in [1.82, 2.24) is 8.97 Å². The molecule has 8 nitrogen and oxygen atoms in total. The number of para-hydroxylation sites is 4. The second kappa shape index (κ2) is 88.4. The molecular formula is C89H180N2O6Si8+2. The van der Waals surface area contributed by atoms with Crippen molar-refractivity contribution in [3.63, 3.8) is 0 Å². The minimum absolute atomic E-state index is 0.283. The van der Waals surface area contributed by atoms with Gasteiger partial charge in [0.1, 0.15) is 48.2 Å². The molecule has 2 N–H and O–H groups in total. The van der Waals surface area contributed by atoms with Crippen molar-refractivity contribution in [2.45, 2.75) is 285 Å². The number of nitrogens with zero attached hydrogens (tertiary/aromatic N) is 2. The highest BCUT2D eigenvalue weighted by Gasteiger charge is 2.41. The van der Waals surface area contributed by atoms with Gasteiger partial charge >= 0.3 is 0 Å². The Labute approximate surface area is 679 Å². The van der Waals surface area contributed by atoms with Crippen molar-refractivity contribution in [2.75, 3.05) is 80.9 Å².